The molecular weight excluding hydrogens is 642 g/mol. The molecule has 0 bridgehead atoms. The van der Waals surface area contributed by atoms with Crippen LogP contribution in [0.5, 0.6) is 0 Å². The molecule has 2 saturated heterocycles. The van der Waals surface area contributed by atoms with Crippen molar-refractivity contribution in [2.75, 3.05) is 58.4 Å². The Morgan fingerprint density at radius 3 is 2.35 bits per heavy atom. The Labute approximate surface area is 277 Å². The van der Waals surface area contributed by atoms with Crippen LogP contribution in [0.25, 0.3) is 17.1 Å². The van der Waals surface area contributed by atoms with Gasteiger partial charge in [-0.2, -0.15) is 4.98 Å². The van der Waals surface area contributed by atoms with E-state index in [-0.39, 0.29) is 25.9 Å². The maximum absolute atomic E-state index is 14.0. The molecule has 0 amide bonds. The van der Waals surface area contributed by atoms with Gasteiger partial charge in [0.1, 0.15) is 11.5 Å². The van der Waals surface area contributed by atoms with Crippen LogP contribution in [0.15, 0.2) is 54.9 Å². The molecular formula is C32H38F2N10O3S. The Morgan fingerprint density at radius 1 is 0.875 bits per heavy atom. The van der Waals surface area contributed by atoms with Gasteiger partial charge >= 0.3 is 0 Å². The SMILES string of the molecule is O=S(=O)(CCO)Nc1ccc(-n2cc(-c3cc(NCc4ccccn4)nc(N4CCC(F)(F)CC4)n3)nn2)c(N2CCC3(CC2)CC3)c1. The molecule has 1 aromatic carbocycles. The fourth-order valence-electron chi connectivity index (χ4n) is 6.30. The molecule has 3 aromatic heterocycles. The Morgan fingerprint density at radius 2 is 1.65 bits per heavy atom. The first-order valence-corrected chi connectivity index (χ1v) is 17.8. The topological polar surface area (TPSA) is 154 Å². The first kappa shape index (κ1) is 32.1. The molecule has 1 aliphatic carbocycles. The van der Waals surface area contributed by atoms with Gasteiger partial charge in [-0.15, -0.1) is 5.10 Å². The van der Waals surface area contributed by atoms with Crippen LogP contribution in [0.2, 0.25) is 0 Å². The highest BCUT2D eigenvalue weighted by Gasteiger charge is 2.44. The molecule has 1 saturated carbocycles. The minimum absolute atomic E-state index is 0.123. The highest BCUT2D eigenvalue weighted by atomic mass is 32.2. The lowest BCUT2D eigenvalue weighted by Gasteiger charge is -2.35. The van der Waals surface area contributed by atoms with Crippen molar-refractivity contribution < 1.29 is 22.3 Å². The second-order valence-electron chi connectivity index (χ2n) is 12.8. The predicted octanol–water partition coefficient (Wildman–Crippen LogP) is 4.08. The number of hydrogen-bond donors (Lipinski definition) is 3. The Hall–Kier alpha value is -4.44. The predicted molar refractivity (Wildman–Crippen MR) is 178 cm³/mol. The molecule has 3 N–H and O–H groups in total. The third-order valence-corrected chi connectivity index (χ3v) is 10.7. The molecule has 5 heterocycles. The van der Waals surface area contributed by atoms with Crippen LogP contribution in [-0.4, -0.2) is 87.9 Å². The fourth-order valence-corrected chi connectivity index (χ4v) is 7.13. The molecule has 3 aliphatic rings. The quantitative estimate of drug-likeness (QED) is 0.210. The van der Waals surface area contributed by atoms with E-state index >= 15 is 0 Å². The molecule has 254 valence electrons. The van der Waals surface area contributed by atoms with E-state index in [4.69, 9.17) is 4.98 Å². The summed E-state index contributed by atoms with van der Waals surface area (Å²) in [5.74, 6) is -2.29. The highest BCUT2D eigenvalue weighted by Crippen LogP contribution is 2.54. The molecule has 0 radical (unpaired) electrons. The fraction of sp³-hybridized carbons (Fsp3) is 0.469. The Bertz CT molecular complexity index is 1850. The zero-order valence-corrected chi connectivity index (χ0v) is 27.2. The average molecular weight is 681 g/mol. The molecule has 4 aromatic rings. The average Bonchev–Trinajstić information content (AvgIpc) is 3.63. The lowest BCUT2D eigenvalue weighted by atomic mass is 9.93. The van der Waals surface area contributed by atoms with Gasteiger partial charge in [0.05, 0.1) is 53.6 Å². The van der Waals surface area contributed by atoms with E-state index < -0.39 is 28.3 Å². The summed E-state index contributed by atoms with van der Waals surface area (Å²) in [5, 5.41) is 21.4. The van der Waals surface area contributed by atoms with Gasteiger partial charge in [0.2, 0.25) is 16.0 Å². The number of aromatic nitrogens is 6. The highest BCUT2D eigenvalue weighted by molar-refractivity contribution is 7.92. The van der Waals surface area contributed by atoms with Crippen LogP contribution in [0.1, 0.15) is 44.2 Å². The largest absolute Gasteiger partial charge is 0.395 e. The summed E-state index contributed by atoms with van der Waals surface area (Å²) in [5.41, 5.74) is 4.09. The normalized spacial score (nSPS) is 18.6. The second-order valence-corrected chi connectivity index (χ2v) is 14.7. The summed E-state index contributed by atoms with van der Waals surface area (Å²) in [6, 6.07) is 12.6. The summed E-state index contributed by atoms with van der Waals surface area (Å²) < 4.78 is 57.1. The number of aliphatic hydroxyl groups is 1. The Kier molecular flexibility index (Phi) is 8.62. The Balaban J connectivity index is 1.21. The lowest BCUT2D eigenvalue weighted by Crippen LogP contribution is -2.40. The standard InChI is InChI=1S/C32H38F2N10O3S/c33-32(34)10-15-43(16-11-32)30-37-25(20-29(38-30)36-21-24-3-1-2-12-35-24)26-22-44(41-39-26)27-5-4-23(40-48(46,47)18-17-45)19-28(27)42-13-8-31(6-7-31)9-14-42/h1-5,12,19-20,22,40,45H,6-11,13-18,21H2,(H,36,37,38). The molecule has 16 heteroatoms. The second kappa shape index (κ2) is 12.9. The van der Waals surface area contributed by atoms with Crippen LogP contribution >= 0.6 is 0 Å². The van der Waals surface area contributed by atoms with E-state index in [0.29, 0.717) is 46.5 Å². The maximum atomic E-state index is 14.0. The van der Waals surface area contributed by atoms with Crippen molar-refractivity contribution in [3.63, 3.8) is 0 Å². The minimum atomic E-state index is -3.72. The summed E-state index contributed by atoms with van der Waals surface area (Å²) >= 11 is 0. The third kappa shape index (κ3) is 7.33. The number of halogens is 2. The van der Waals surface area contributed by atoms with Crippen molar-refractivity contribution in [1.82, 2.24) is 29.9 Å². The number of anilines is 4. The van der Waals surface area contributed by atoms with Gasteiger partial charge in [-0.3, -0.25) is 9.71 Å². The van der Waals surface area contributed by atoms with Gasteiger partial charge in [0.25, 0.3) is 5.92 Å². The molecule has 2 aliphatic heterocycles. The number of pyridine rings is 1. The van der Waals surface area contributed by atoms with Crippen molar-refractivity contribution in [3.8, 4) is 17.1 Å². The lowest BCUT2D eigenvalue weighted by molar-refractivity contribution is -0.0222. The van der Waals surface area contributed by atoms with Crippen LogP contribution in [-0.2, 0) is 16.6 Å². The number of alkyl halides is 2. The number of rotatable bonds is 11. The van der Waals surface area contributed by atoms with E-state index in [1.165, 1.54) is 12.8 Å². The summed E-state index contributed by atoms with van der Waals surface area (Å²) in [4.78, 5) is 17.7. The van der Waals surface area contributed by atoms with E-state index in [9.17, 15) is 22.3 Å². The smallest absolute Gasteiger partial charge is 0.251 e. The third-order valence-electron chi connectivity index (χ3n) is 9.40. The maximum Gasteiger partial charge on any atom is 0.251 e. The van der Waals surface area contributed by atoms with E-state index in [2.05, 4.69) is 35.2 Å². The van der Waals surface area contributed by atoms with E-state index in [0.717, 1.165) is 37.3 Å². The van der Waals surface area contributed by atoms with Gasteiger partial charge in [0, 0.05) is 51.3 Å². The molecule has 48 heavy (non-hydrogen) atoms. The number of piperidine rings is 2. The summed E-state index contributed by atoms with van der Waals surface area (Å²) in [6.45, 7) is 1.82. The summed E-state index contributed by atoms with van der Waals surface area (Å²) in [6.07, 6.45) is 7.53. The first-order chi connectivity index (χ1) is 23.1. The van der Waals surface area contributed by atoms with Crippen molar-refractivity contribution in [3.05, 3.63) is 60.6 Å². The van der Waals surface area contributed by atoms with Crippen molar-refractivity contribution in [2.24, 2.45) is 5.41 Å². The number of nitrogens with one attached hydrogen (secondary N) is 2. The van der Waals surface area contributed by atoms with Crippen molar-refractivity contribution in [2.45, 2.75) is 51.0 Å². The number of nitrogens with zero attached hydrogens (tertiary/aromatic N) is 8. The van der Waals surface area contributed by atoms with Gasteiger partial charge in [-0.25, -0.2) is 26.9 Å². The van der Waals surface area contributed by atoms with Gasteiger partial charge in [0.15, 0.2) is 0 Å². The van der Waals surface area contributed by atoms with Crippen LogP contribution in [0.3, 0.4) is 0 Å². The van der Waals surface area contributed by atoms with Crippen molar-refractivity contribution >= 4 is 33.2 Å². The zero-order chi connectivity index (χ0) is 33.4. The molecule has 7 rings (SSSR count). The zero-order valence-electron chi connectivity index (χ0n) is 26.4. The number of benzene rings is 1. The van der Waals surface area contributed by atoms with Gasteiger partial charge in [-0.05, 0) is 61.4 Å². The van der Waals surface area contributed by atoms with Crippen LogP contribution in [0.4, 0.5) is 31.9 Å². The molecule has 3 fully saturated rings. The molecule has 1 spiro atoms. The van der Waals surface area contributed by atoms with E-state index in [1.807, 2.05) is 18.2 Å². The molecule has 0 unspecified atom stereocenters. The number of sulfonamides is 1. The molecule has 0 atom stereocenters. The first-order valence-electron chi connectivity index (χ1n) is 16.2. The summed E-state index contributed by atoms with van der Waals surface area (Å²) in [7, 11) is -3.72. The monoisotopic (exact) mass is 680 g/mol. The van der Waals surface area contributed by atoms with Crippen molar-refractivity contribution in [1.29, 1.82) is 0 Å². The molecule has 13 nitrogen and oxygen atoms in total. The van der Waals surface area contributed by atoms with E-state index in [1.54, 1.807) is 46.2 Å². The van der Waals surface area contributed by atoms with Crippen LogP contribution in [0, 0.1) is 5.41 Å². The minimum Gasteiger partial charge on any atom is -0.395 e. The number of aliphatic hydroxyl groups excluding tert-OH is 1. The van der Waals surface area contributed by atoms with Gasteiger partial charge in [-0.1, -0.05) is 11.3 Å². The van der Waals surface area contributed by atoms with Crippen LogP contribution < -0.4 is 19.8 Å². The number of hydrogen-bond acceptors (Lipinski definition) is 11. The van der Waals surface area contributed by atoms with Gasteiger partial charge < -0.3 is 20.2 Å².